The molecule has 0 radical (unpaired) electrons. The van der Waals surface area contributed by atoms with E-state index in [1.807, 2.05) is 44.2 Å². The molecule has 2 aromatic rings. The fourth-order valence-corrected chi connectivity index (χ4v) is 4.10. The molecule has 0 atom stereocenters. The van der Waals surface area contributed by atoms with Gasteiger partial charge in [0.2, 0.25) is 0 Å². The van der Waals surface area contributed by atoms with Gasteiger partial charge in [-0.15, -0.1) is 0 Å². The SMILES string of the molecule is CC(C)c1c(Cc2ccccc2)n(COCCO[Si](C)(C)C(C)(C)C)c(=O)[nH]c1=O. The van der Waals surface area contributed by atoms with Crippen LogP contribution in [-0.4, -0.2) is 31.1 Å². The highest BCUT2D eigenvalue weighted by Gasteiger charge is 2.36. The molecular formula is C23H36N2O4Si. The van der Waals surface area contributed by atoms with Gasteiger partial charge in [0.05, 0.1) is 13.2 Å². The van der Waals surface area contributed by atoms with Crippen LogP contribution in [0.25, 0.3) is 0 Å². The van der Waals surface area contributed by atoms with Crippen molar-refractivity contribution in [1.82, 2.24) is 9.55 Å². The third-order valence-corrected chi connectivity index (χ3v) is 10.4. The first-order valence-electron chi connectivity index (χ1n) is 10.6. The Balaban J connectivity index is 2.20. The minimum Gasteiger partial charge on any atom is -0.414 e. The summed E-state index contributed by atoms with van der Waals surface area (Å²) in [5.41, 5.74) is 1.60. The Kier molecular flexibility index (Phi) is 8.02. The Labute approximate surface area is 180 Å². The molecule has 0 saturated heterocycles. The van der Waals surface area contributed by atoms with Gasteiger partial charge in [0.15, 0.2) is 8.32 Å². The molecule has 0 bridgehead atoms. The van der Waals surface area contributed by atoms with E-state index in [9.17, 15) is 9.59 Å². The first-order valence-corrected chi connectivity index (χ1v) is 13.5. The molecule has 0 saturated carbocycles. The molecule has 0 aliphatic heterocycles. The largest absolute Gasteiger partial charge is 0.414 e. The van der Waals surface area contributed by atoms with E-state index in [0.29, 0.717) is 30.9 Å². The minimum absolute atomic E-state index is 0.0127. The molecule has 0 aliphatic carbocycles. The van der Waals surface area contributed by atoms with Gasteiger partial charge in [-0.3, -0.25) is 14.3 Å². The molecule has 1 aromatic heterocycles. The summed E-state index contributed by atoms with van der Waals surface area (Å²) in [7, 11) is -1.83. The van der Waals surface area contributed by atoms with Crippen molar-refractivity contribution < 1.29 is 9.16 Å². The van der Waals surface area contributed by atoms with Gasteiger partial charge in [-0.25, -0.2) is 4.79 Å². The standard InChI is InChI=1S/C23H36N2O4Si/c1-17(2)20-19(15-18-11-9-8-10-12-18)25(22(27)24-21(20)26)16-28-13-14-29-30(6,7)23(3,4)5/h8-12,17H,13-16H2,1-7H3,(H,24,26,27). The lowest BCUT2D eigenvalue weighted by molar-refractivity contribution is 0.0466. The summed E-state index contributed by atoms with van der Waals surface area (Å²) in [5, 5.41) is 0.137. The van der Waals surface area contributed by atoms with Gasteiger partial charge < -0.3 is 9.16 Å². The van der Waals surface area contributed by atoms with Crippen molar-refractivity contribution in [2.75, 3.05) is 13.2 Å². The van der Waals surface area contributed by atoms with Crippen LogP contribution in [0.4, 0.5) is 0 Å². The maximum absolute atomic E-state index is 12.6. The van der Waals surface area contributed by atoms with E-state index in [0.717, 1.165) is 5.56 Å². The van der Waals surface area contributed by atoms with Gasteiger partial charge >= 0.3 is 5.69 Å². The maximum atomic E-state index is 12.6. The third kappa shape index (κ3) is 6.03. The highest BCUT2D eigenvalue weighted by Crippen LogP contribution is 2.36. The first kappa shape index (κ1) is 24.3. The van der Waals surface area contributed by atoms with E-state index in [-0.39, 0.29) is 23.2 Å². The molecule has 0 fully saturated rings. The van der Waals surface area contributed by atoms with E-state index in [1.165, 1.54) is 4.57 Å². The summed E-state index contributed by atoms with van der Waals surface area (Å²) in [6.45, 7) is 15.9. The van der Waals surface area contributed by atoms with Crippen LogP contribution in [0.1, 0.15) is 57.4 Å². The van der Waals surface area contributed by atoms with Crippen molar-refractivity contribution in [3.63, 3.8) is 0 Å². The summed E-state index contributed by atoms with van der Waals surface area (Å²) in [6.07, 6.45) is 0.497. The Hall–Kier alpha value is -1.96. The molecule has 0 amide bonds. The Morgan fingerprint density at radius 2 is 1.70 bits per heavy atom. The van der Waals surface area contributed by atoms with E-state index >= 15 is 0 Å². The second-order valence-electron chi connectivity index (χ2n) is 9.51. The van der Waals surface area contributed by atoms with Gasteiger partial charge in [-0.2, -0.15) is 0 Å². The zero-order valence-electron chi connectivity index (χ0n) is 19.4. The quantitative estimate of drug-likeness (QED) is 0.475. The number of benzene rings is 1. The lowest BCUT2D eigenvalue weighted by Crippen LogP contribution is -2.41. The fourth-order valence-electron chi connectivity index (χ4n) is 3.07. The fraction of sp³-hybridized carbons (Fsp3) is 0.565. The van der Waals surface area contributed by atoms with Crippen molar-refractivity contribution in [2.45, 2.75) is 71.8 Å². The number of aromatic nitrogens is 2. The lowest BCUT2D eigenvalue weighted by atomic mass is 9.98. The molecule has 2 rings (SSSR count). The van der Waals surface area contributed by atoms with E-state index < -0.39 is 14.0 Å². The molecule has 0 spiro atoms. The molecule has 1 aromatic carbocycles. The van der Waals surface area contributed by atoms with Crippen molar-refractivity contribution >= 4 is 8.32 Å². The number of hydrogen-bond acceptors (Lipinski definition) is 4. The predicted octanol–water partition coefficient (Wildman–Crippen LogP) is 4.25. The van der Waals surface area contributed by atoms with Crippen molar-refractivity contribution in [3.05, 3.63) is 68.0 Å². The zero-order chi connectivity index (χ0) is 22.5. The van der Waals surface area contributed by atoms with Gasteiger partial charge in [0, 0.05) is 17.7 Å². The average Bonchev–Trinajstić information content (AvgIpc) is 2.63. The Morgan fingerprint density at radius 1 is 1.07 bits per heavy atom. The van der Waals surface area contributed by atoms with Crippen LogP contribution in [0.2, 0.25) is 18.1 Å². The van der Waals surface area contributed by atoms with Crippen molar-refractivity contribution in [1.29, 1.82) is 0 Å². The number of nitrogens with one attached hydrogen (secondary N) is 1. The van der Waals surface area contributed by atoms with Crippen LogP contribution < -0.4 is 11.2 Å². The molecule has 0 unspecified atom stereocenters. The molecule has 1 N–H and O–H groups in total. The monoisotopic (exact) mass is 432 g/mol. The molecular weight excluding hydrogens is 396 g/mol. The normalized spacial score (nSPS) is 12.5. The third-order valence-electron chi connectivity index (χ3n) is 5.86. The van der Waals surface area contributed by atoms with Crippen LogP contribution >= 0.6 is 0 Å². The van der Waals surface area contributed by atoms with Crippen LogP contribution in [0, 0.1) is 0 Å². The molecule has 0 aliphatic rings. The second-order valence-corrected chi connectivity index (χ2v) is 14.3. The van der Waals surface area contributed by atoms with E-state index in [1.54, 1.807) is 0 Å². The number of aromatic amines is 1. The Morgan fingerprint density at radius 3 is 2.27 bits per heavy atom. The van der Waals surface area contributed by atoms with Crippen molar-refractivity contribution in [2.24, 2.45) is 0 Å². The second kappa shape index (κ2) is 9.90. The summed E-state index contributed by atoms with van der Waals surface area (Å²) in [6, 6.07) is 9.84. The van der Waals surface area contributed by atoms with Crippen LogP contribution in [0.3, 0.4) is 0 Å². The van der Waals surface area contributed by atoms with Crippen LogP contribution in [0.15, 0.2) is 39.9 Å². The van der Waals surface area contributed by atoms with Crippen molar-refractivity contribution in [3.8, 4) is 0 Å². The molecule has 30 heavy (non-hydrogen) atoms. The number of H-pyrrole nitrogens is 1. The minimum atomic E-state index is -1.83. The molecule has 166 valence electrons. The summed E-state index contributed by atoms with van der Waals surface area (Å²) in [5.74, 6) is -0.0127. The van der Waals surface area contributed by atoms with Gasteiger partial charge in [0.1, 0.15) is 6.73 Å². The highest BCUT2D eigenvalue weighted by molar-refractivity contribution is 6.74. The Bertz CT molecular complexity index is 940. The molecule has 6 nitrogen and oxygen atoms in total. The summed E-state index contributed by atoms with van der Waals surface area (Å²) < 4.78 is 13.5. The number of hydrogen-bond donors (Lipinski definition) is 1. The first-order chi connectivity index (χ1) is 13.9. The van der Waals surface area contributed by atoms with Crippen LogP contribution in [-0.2, 0) is 22.3 Å². The maximum Gasteiger partial charge on any atom is 0.330 e. The molecule has 7 heteroatoms. The highest BCUT2D eigenvalue weighted by atomic mass is 28.4. The molecule has 1 heterocycles. The summed E-state index contributed by atoms with van der Waals surface area (Å²) >= 11 is 0. The smallest absolute Gasteiger partial charge is 0.330 e. The van der Waals surface area contributed by atoms with Gasteiger partial charge in [-0.1, -0.05) is 65.0 Å². The predicted molar refractivity (Wildman–Crippen MR) is 124 cm³/mol. The zero-order valence-corrected chi connectivity index (χ0v) is 20.4. The topological polar surface area (TPSA) is 73.3 Å². The van der Waals surface area contributed by atoms with E-state index in [2.05, 4.69) is 38.8 Å². The lowest BCUT2D eigenvalue weighted by Gasteiger charge is -2.36. The number of ether oxygens (including phenoxy) is 1. The number of rotatable bonds is 9. The number of nitrogens with zero attached hydrogens (tertiary/aromatic N) is 1. The van der Waals surface area contributed by atoms with E-state index in [4.69, 9.17) is 9.16 Å². The van der Waals surface area contributed by atoms with Gasteiger partial charge in [0.25, 0.3) is 5.56 Å². The average molecular weight is 433 g/mol. The summed E-state index contributed by atoms with van der Waals surface area (Å²) in [4.78, 5) is 27.5. The van der Waals surface area contributed by atoms with Crippen LogP contribution in [0.5, 0.6) is 0 Å². The van der Waals surface area contributed by atoms with Gasteiger partial charge in [-0.05, 0) is 29.6 Å².